The average molecular weight is 265 g/mol. The molecule has 0 spiro atoms. The van der Waals surface area contributed by atoms with Crippen molar-refractivity contribution >= 4 is 11.4 Å². The van der Waals surface area contributed by atoms with E-state index in [9.17, 15) is 15.2 Å². The lowest BCUT2D eigenvalue weighted by molar-refractivity contribution is -0.384. The van der Waals surface area contributed by atoms with E-state index in [0.29, 0.717) is 19.0 Å². The van der Waals surface area contributed by atoms with Crippen LogP contribution in [0.3, 0.4) is 0 Å². The molecule has 1 heterocycles. The molecule has 104 valence electrons. The number of rotatable bonds is 3. The van der Waals surface area contributed by atoms with Gasteiger partial charge in [-0.15, -0.1) is 0 Å². The second-order valence-corrected chi connectivity index (χ2v) is 5.18. The van der Waals surface area contributed by atoms with E-state index in [0.717, 1.165) is 18.5 Å². The normalized spacial score (nSPS) is 24.3. The van der Waals surface area contributed by atoms with Crippen molar-refractivity contribution in [2.45, 2.75) is 26.0 Å². The van der Waals surface area contributed by atoms with Gasteiger partial charge >= 0.3 is 0 Å². The molecule has 2 rings (SSSR count). The summed E-state index contributed by atoms with van der Waals surface area (Å²) in [6, 6.07) is 4.85. The molecule has 1 aliphatic heterocycles. The Hall–Kier alpha value is -1.66. The summed E-state index contributed by atoms with van der Waals surface area (Å²) in [6.45, 7) is 4.03. The van der Waals surface area contributed by atoms with Crippen molar-refractivity contribution in [1.82, 2.24) is 4.90 Å². The summed E-state index contributed by atoms with van der Waals surface area (Å²) in [7, 11) is 0. The van der Waals surface area contributed by atoms with Gasteiger partial charge in [0.05, 0.1) is 11.0 Å². The lowest BCUT2D eigenvalue weighted by Gasteiger charge is -2.34. The molecule has 0 aromatic heterocycles. The van der Waals surface area contributed by atoms with Crippen LogP contribution in [0, 0.1) is 16.0 Å². The predicted molar refractivity (Wildman–Crippen MR) is 72.6 cm³/mol. The molecule has 0 aliphatic carbocycles. The van der Waals surface area contributed by atoms with Gasteiger partial charge in [-0.3, -0.25) is 15.0 Å². The standard InChI is InChI=1S/C13H19N3O3/c1-9-5-6-15(8-12(9)17)7-10-3-2-4-11(13(10)14)16(18)19/h2-4,9,12,17H,5-8,14H2,1H3. The molecular weight excluding hydrogens is 246 g/mol. The van der Waals surface area contributed by atoms with Crippen LogP contribution in [0.5, 0.6) is 0 Å². The molecule has 0 radical (unpaired) electrons. The number of anilines is 1. The minimum Gasteiger partial charge on any atom is -0.393 e. The minimum absolute atomic E-state index is 0.0524. The fraction of sp³-hybridized carbons (Fsp3) is 0.538. The minimum atomic E-state index is -0.466. The van der Waals surface area contributed by atoms with Gasteiger partial charge in [-0.1, -0.05) is 19.1 Å². The lowest BCUT2D eigenvalue weighted by Crippen LogP contribution is -2.42. The first-order valence-electron chi connectivity index (χ1n) is 6.41. The third-order valence-electron chi connectivity index (χ3n) is 3.77. The Morgan fingerprint density at radius 1 is 1.58 bits per heavy atom. The summed E-state index contributed by atoms with van der Waals surface area (Å²) < 4.78 is 0. The summed E-state index contributed by atoms with van der Waals surface area (Å²) in [6.07, 6.45) is 0.587. The molecule has 0 bridgehead atoms. The molecular formula is C13H19N3O3. The van der Waals surface area contributed by atoms with E-state index in [1.54, 1.807) is 12.1 Å². The summed E-state index contributed by atoms with van der Waals surface area (Å²) in [5, 5.41) is 20.7. The van der Waals surface area contributed by atoms with E-state index in [-0.39, 0.29) is 17.5 Å². The zero-order chi connectivity index (χ0) is 14.0. The Balaban J connectivity index is 2.11. The Morgan fingerprint density at radius 2 is 2.32 bits per heavy atom. The van der Waals surface area contributed by atoms with Crippen LogP contribution >= 0.6 is 0 Å². The quantitative estimate of drug-likeness (QED) is 0.489. The highest BCUT2D eigenvalue weighted by Crippen LogP contribution is 2.27. The number of benzene rings is 1. The number of para-hydroxylation sites is 1. The monoisotopic (exact) mass is 265 g/mol. The number of nitrogens with two attached hydrogens (primary N) is 1. The number of nitrogen functional groups attached to an aromatic ring is 1. The third-order valence-corrected chi connectivity index (χ3v) is 3.77. The number of hydrogen-bond acceptors (Lipinski definition) is 5. The number of aliphatic hydroxyl groups is 1. The molecule has 1 aromatic rings. The van der Waals surface area contributed by atoms with E-state index < -0.39 is 4.92 Å². The molecule has 6 nitrogen and oxygen atoms in total. The topological polar surface area (TPSA) is 92.6 Å². The second kappa shape index (κ2) is 5.54. The van der Waals surface area contributed by atoms with Gasteiger partial charge in [0, 0.05) is 19.2 Å². The highest BCUT2D eigenvalue weighted by molar-refractivity contribution is 5.62. The molecule has 0 amide bonds. The molecule has 6 heteroatoms. The van der Waals surface area contributed by atoms with Crippen LogP contribution in [0.4, 0.5) is 11.4 Å². The number of piperidine rings is 1. The van der Waals surface area contributed by atoms with Gasteiger partial charge < -0.3 is 10.8 Å². The number of aliphatic hydroxyl groups excluding tert-OH is 1. The van der Waals surface area contributed by atoms with Gasteiger partial charge in [0.1, 0.15) is 5.69 Å². The Morgan fingerprint density at radius 3 is 2.95 bits per heavy atom. The van der Waals surface area contributed by atoms with E-state index in [1.807, 2.05) is 6.92 Å². The zero-order valence-corrected chi connectivity index (χ0v) is 11.0. The van der Waals surface area contributed by atoms with Gasteiger partial charge in [0.25, 0.3) is 5.69 Å². The summed E-state index contributed by atoms with van der Waals surface area (Å²) in [5.74, 6) is 0.304. The van der Waals surface area contributed by atoms with Crippen LogP contribution in [0.2, 0.25) is 0 Å². The molecule has 2 unspecified atom stereocenters. The number of hydrogen-bond donors (Lipinski definition) is 2. The van der Waals surface area contributed by atoms with Crippen LogP contribution in [0.1, 0.15) is 18.9 Å². The zero-order valence-electron chi connectivity index (χ0n) is 11.0. The van der Waals surface area contributed by atoms with Crippen molar-refractivity contribution in [2.24, 2.45) is 5.92 Å². The summed E-state index contributed by atoms with van der Waals surface area (Å²) in [5.41, 5.74) is 6.75. The van der Waals surface area contributed by atoms with Crippen molar-refractivity contribution in [3.8, 4) is 0 Å². The average Bonchev–Trinajstić information content (AvgIpc) is 2.36. The van der Waals surface area contributed by atoms with Gasteiger partial charge in [0.2, 0.25) is 0 Å². The van der Waals surface area contributed by atoms with Crippen molar-refractivity contribution < 1.29 is 10.0 Å². The fourth-order valence-electron chi connectivity index (χ4n) is 2.40. The predicted octanol–water partition coefficient (Wildman–Crippen LogP) is 1.38. The van der Waals surface area contributed by atoms with Gasteiger partial charge in [-0.25, -0.2) is 0 Å². The van der Waals surface area contributed by atoms with Gasteiger partial charge in [0.15, 0.2) is 0 Å². The van der Waals surface area contributed by atoms with E-state index >= 15 is 0 Å². The van der Waals surface area contributed by atoms with Crippen molar-refractivity contribution in [3.05, 3.63) is 33.9 Å². The first-order chi connectivity index (χ1) is 8.99. The fourth-order valence-corrected chi connectivity index (χ4v) is 2.40. The van der Waals surface area contributed by atoms with E-state index in [4.69, 9.17) is 5.73 Å². The number of likely N-dealkylation sites (tertiary alicyclic amines) is 1. The lowest BCUT2D eigenvalue weighted by atomic mass is 9.95. The van der Waals surface area contributed by atoms with Gasteiger partial charge in [-0.2, -0.15) is 0 Å². The number of nitro groups is 1. The van der Waals surface area contributed by atoms with Crippen molar-refractivity contribution in [2.75, 3.05) is 18.8 Å². The Labute approximate surface area is 112 Å². The van der Waals surface area contributed by atoms with E-state index in [2.05, 4.69) is 4.90 Å². The van der Waals surface area contributed by atoms with Crippen LogP contribution in [0.25, 0.3) is 0 Å². The maximum Gasteiger partial charge on any atom is 0.292 e. The number of nitrogens with zero attached hydrogens (tertiary/aromatic N) is 2. The number of β-amino-alcohol motifs (C(OH)–C–C–N with tert-alkyl or cyclic N) is 1. The molecule has 1 aliphatic rings. The maximum absolute atomic E-state index is 10.8. The highest BCUT2D eigenvalue weighted by atomic mass is 16.6. The van der Waals surface area contributed by atoms with Crippen molar-refractivity contribution in [1.29, 1.82) is 0 Å². The SMILES string of the molecule is CC1CCN(Cc2cccc([N+](=O)[O-])c2N)CC1O. The maximum atomic E-state index is 10.8. The molecule has 1 aromatic carbocycles. The Kier molecular flexibility index (Phi) is 4.01. The van der Waals surface area contributed by atoms with Crippen LogP contribution < -0.4 is 5.73 Å². The van der Waals surface area contributed by atoms with Crippen molar-refractivity contribution in [3.63, 3.8) is 0 Å². The van der Waals surface area contributed by atoms with E-state index in [1.165, 1.54) is 6.07 Å². The molecule has 1 fully saturated rings. The number of nitro benzene ring substituents is 1. The third kappa shape index (κ3) is 3.02. The molecule has 19 heavy (non-hydrogen) atoms. The first kappa shape index (κ1) is 13.8. The van der Waals surface area contributed by atoms with Crippen LogP contribution in [0.15, 0.2) is 18.2 Å². The molecule has 1 saturated heterocycles. The van der Waals surface area contributed by atoms with Crippen LogP contribution in [-0.2, 0) is 6.54 Å². The Bertz CT molecular complexity index is 478. The molecule has 0 saturated carbocycles. The molecule has 3 N–H and O–H groups in total. The first-order valence-corrected chi connectivity index (χ1v) is 6.41. The summed E-state index contributed by atoms with van der Waals surface area (Å²) >= 11 is 0. The summed E-state index contributed by atoms with van der Waals surface area (Å²) in [4.78, 5) is 12.5. The van der Waals surface area contributed by atoms with Crippen LogP contribution in [-0.4, -0.2) is 34.1 Å². The highest BCUT2D eigenvalue weighted by Gasteiger charge is 2.25. The van der Waals surface area contributed by atoms with Gasteiger partial charge in [-0.05, 0) is 24.4 Å². The smallest absolute Gasteiger partial charge is 0.292 e. The molecule has 2 atom stereocenters. The second-order valence-electron chi connectivity index (χ2n) is 5.18. The largest absolute Gasteiger partial charge is 0.393 e.